The van der Waals surface area contributed by atoms with Crippen LogP contribution in [0.25, 0.3) is 11.3 Å². The lowest BCUT2D eigenvalue weighted by atomic mass is 10.00. The first-order valence-electron chi connectivity index (χ1n) is 9.23. The van der Waals surface area contributed by atoms with Crippen molar-refractivity contribution in [1.29, 1.82) is 0 Å². The van der Waals surface area contributed by atoms with Crippen LogP contribution in [0.2, 0.25) is 0 Å². The summed E-state index contributed by atoms with van der Waals surface area (Å²) in [6, 6.07) is 18.2. The van der Waals surface area contributed by atoms with Gasteiger partial charge in [-0.15, -0.1) is 0 Å². The molecule has 1 fully saturated rings. The second-order valence-corrected chi connectivity index (χ2v) is 6.78. The van der Waals surface area contributed by atoms with Gasteiger partial charge in [0.1, 0.15) is 0 Å². The first-order chi connectivity index (χ1) is 13.6. The highest BCUT2D eigenvalue weighted by atomic mass is 16.5. The highest BCUT2D eigenvalue weighted by Gasteiger charge is 2.53. The molecule has 1 aromatic heterocycles. The van der Waals surface area contributed by atoms with Crippen LogP contribution in [-0.4, -0.2) is 23.6 Å². The maximum atomic E-state index is 12.9. The van der Waals surface area contributed by atoms with E-state index in [9.17, 15) is 9.59 Å². The third-order valence-electron chi connectivity index (χ3n) is 4.90. The van der Waals surface area contributed by atoms with Gasteiger partial charge in [-0.25, -0.2) is 4.79 Å². The molecule has 1 saturated carbocycles. The largest absolute Gasteiger partial charge is 0.462 e. The van der Waals surface area contributed by atoms with Crippen molar-refractivity contribution in [3.05, 3.63) is 71.9 Å². The Morgan fingerprint density at radius 2 is 1.82 bits per heavy atom. The molecule has 2 aromatic carbocycles. The van der Waals surface area contributed by atoms with Crippen molar-refractivity contribution in [1.82, 2.24) is 5.16 Å². The summed E-state index contributed by atoms with van der Waals surface area (Å²) in [6.07, 6.45) is 1.45. The second kappa shape index (κ2) is 7.31. The molecular formula is C22H20N2O4. The van der Waals surface area contributed by atoms with Crippen LogP contribution in [0.5, 0.6) is 0 Å². The Morgan fingerprint density at radius 3 is 2.46 bits per heavy atom. The highest BCUT2D eigenvalue weighted by Crippen LogP contribution is 2.49. The van der Waals surface area contributed by atoms with E-state index in [4.69, 9.17) is 9.26 Å². The fraction of sp³-hybridized carbons (Fsp3) is 0.227. The summed E-state index contributed by atoms with van der Waals surface area (Å²) in [5, 5.41) is 7.07. The second-order valence-electron chi connectivity index (χ2n) is 6.78. The third-order valence-corrected chi connectivity index (χ3v) is 4.90. The van der Waals surface area contributed by atoms with Crippen LogP contribution in [0.4, 0.5) is 5.69 Å². The van der Waals surface area contributed by atoms with Gasteiger partial charge in [0.25, 0.3) is 0 Å². The number of carbonyl (C=O) groups excluding carboxylic acids is 2. The summed E-state index contributed by atoms with van der Waals surface area (Å²) in [7, 11) is 0. The van der Waals surface area contributed by atoms with E-state index in [1.54, 1.807) is 31.2 Å². The van der Waals surface area contributed by atoms with E-state index < -0.39 is 5.41 Å². The van der Waals surface area contributed by atoms with Gasteiger partial charge in [-0.3, -0.25) is 4.79 Å². The zero-order valence-corrected chi connectivity index (χ0v) is 15.5. The van der Waals surface area contributed by atoms with Crippen LogP contribution in [0.3, 0.4) is 0 Å². The Hall–Kier alpha value is -3.41. The van der Waals surface area contributed by atoms with E-state index in [-0.39, 0.29) is 11.9 Å². The van der Waals surface area contributed by atoms with Gasteiger partial charge in [0.05, 0.1) is 23.3 Å². The Morgan fingerprint density at radius 1 is 1.11 bits per heavy atom. The van der Waals surface area contributed by atoms with E-state index >= 15 is 0 Å². The molecule has 28 heavy (non-hydrogen) atoms. The predicted octanol–water partition coefficient (Wildman–Crippen LogP) is 4.19. The Balaban J connectivity index is 1.48. The number of esters is 1. The molecule has 0 radical (unpaired) electrons. The van der Waals surface area contributed by atoms with Crippen LogP contribution in [0, 0.1) is 0 Å². The average Bonchev–Trinajstić information content (AvgIpc) is 3.39. The van der Waals surface area contributed by atoms with Gasteiger partial charge < -0.3 is 14.6 Å². The van der Waals surface area contributed by atoms with Gasteiger partial charge in [0, 0.05) is 17.3 Å². The molecule has 0 atom stereocenters. The number of nitrogens with zero attached hydrogens (tertiary/aromatic N) is 1. The van der Waals surface area contributed by atoms with Crippen molar-refractivity contribution in [2.75, 3.05) is 11.9 Å². The molecule has 1 aliphatic carbocycles. The molecule has 0 bridgehead atoms. The number of nitrogens with one attached hydrogen (secondary N) is 1. The van der Waals surface area contributed by atoms with Crippen LogP contribution in [-0.2, 0) is 14.9 Å². The lowest BCUT2D eigenvalue weighted by Gasteiger charge is -2.12. The number of carbonyl (C=O) groups is 2. The van der Waals surface area contributed by atoms with E-state index in [1.165, 1.54) is 0 Å². The van der Waals surface area contributed by atoms with E-state index in [0.29, 0.717) is 29.3 Å². The zero-order chi connectivity index (χ0) is 19.6. The topological polar surface area (TPSA) is 81.4 Å². The smallest absolute Gasteiger partial charge is 0.338 e. The number of ether oxygens (including phenoxy) is 1. The standard InChI is InChI=1S/C22H20N2O4/c1-2-27-20(25)16-8-10-17(11-9-16)23-21(26)22(12-13-22)19-14-18(28-24-19)15-6-4-3-5-7-15/h3-11,14H,2,12-13H2,1H3,(H,23,26). The molecule has 142 valence electrons. The van der Waals surface area contributed by atoms with E-state index in [1.807, 2.05) is 36.4 Å². The van der Waals surface area contributed by atoms with E-state index in [2.05, 4.69) is 10.5 Å². The summed E-state index contributed by atoms with van der Waals surface area (Å²) in [6.45, 7) is 2.08. The fourth-order valence-corrected chi connectivity index (χ4v) is 3.12. The molecule has 0 saturated heterocycles. The Bertz CT molecular complexity index is 989. The molecular weight excluding hydrogens is 356 g/mol. The maximum absolute atomic E-state index is 12.9. The first kappa shape index (κ1) is 18.0. The highest BCUT2D eigenvalue weighted by molar-refractivity contribution is 6.01. The monoisotopic (exact) mass is 376 g/mol. The van der Waals surface area contributed by atoms with Crippen molar-refractivity contribution < 1.29 is 18.8 Å². The fourth-order valence-electron chi connectivity index (χ4n) is 3.12. The van der Waals surface area contributed by atoms with Crippen molar-refractivity contribution in [3.8, 4) is 11.3 Å². The molecule has 0 aliphatic heterocycles. The minimum absolute atomic E-state index is 0.121. The van der Waals surface area contributed by atoms with Crippen molar-refractivity contribution >= 4 is 17.6 Å². The number of rotatable bonds is 6. The number of amides is 1. The van der Waals surface area contributed by atoms with Gasteiger partial charge >= 0.3 is 5.97 Å². The summed E-state index contributed by atoms with van der Waals surface area (Å²) < 4.78 is 10.4. The van der Waals surface area contributed by atoms with E-state index in [0.717, 1.165) is 18.4 Å². The van der Waals surface area contributed by atoms with Gasteiger partial charge in [-0.05, 0) is 44.0 Å². The van der Waals surface area contributed by atoms with Gasteiger partial charge in [0.2, 0.25) is 5.91 Å². The SMILES string of the molecule is CCOC(=O)c1ccc(NC(=O)C2(c3cc(-c4ccccc4)on3)CC2)cc1. The Kier molecular flexibility index (Phi) is 4.69. The average molecular weight is 376 g/mol. The molecule has 0 unspecified atom stereocenters. The molecule has 6 nitrogen and oxygen atoms in total. The van der Waals surface area contributed by atoms with Crippen LogP contribution < -0.4 is 5.32 Å². The normalized spacial score (nSPS) is 14.3. The predicted molar refractivity (Wildman–Crippen MR) is 104 cm³/mol. The summed E-state index contributed by atoms with van der Waals surface area (Å²) in [5.74, 6) is 0.146. The number of anilines is 1. The molecule has 1 aliphatic rings. The van der Waals surface area contributed by atoms with Crippen LogP contribution in [0.1, 0.15) is 35.8 Å². The summed E-state index contributed by atoms with van der Waals surface area (Å²) >= 11 is 0. The maximum Gasteiger partial charge on any atom is 0.338 e. The van der Waals surface area contributed by atoms with Crippen LogP contribution >= 0.6 is 0 Å². The molecule has 0 spiro atoms. The molecule has 1 heterocycles. The lowest BCUT2D eigenvalue weighted by molar-refractivity contribution is -0.118. The minimum Gasteiger partial charge on any atom is -0.462 e. The van der Waals surface area contributed by atoms with Crippen molar-refractivity contribution in [2.45, 2.75) is 25.2 Å². The molecule has 1 amide bonds. The van der Waals surface area contributed by atoms with Gasteiger partial charge in [-0.1, -0.05) is 35.5 Å². The minimum atomic E-state index is -0.656. The Labute approximate surface area is 162 Å². The summed E-state index contributed by atoms with van der Waals surface area (Å²) in [4.78, 5) is 24.6. The van der Waals surface area contributed by atoms with Crippen LogP contribution in [0.15, 0.2) is 65.2 Å². The van der Waals surface area contributed by atoms with Crippen molar-refractivity contribution in [3.63, 3.8) is 0 Å². The molecule has 3 aromatic rings. The first-order valence-corrected chi connectivity index (χ1v) is 9.23. The molecule has 6 heteroatoms. The lowest BCUT2D eigenvalue weighted by Crippen LogP contribution is -2.28. The number of aromatic nitrogens is 1. The summed E-state index contributed by atoms with van der Waals surface area (Å²) in [5.41, 5.74) is 1.98. The third kappa shape index (κ3) is 3.41. The molecule has 1 N–H and O–H groups in total. The van der Waals surface area contributed by atoms with Gasteiger partial charge in [-0.2, -0.15) is 0 Å². The number of hydrogen-bond donors (Lipinski definition) is 1. The number of hydrogen-bond acceptors (Lipinski definition) is 5. The molecule has 4 rings (SSSR count). The number of benzene rings is 2. The zero-order valence-electron chi connectivity index (χ0n) is 15.5. The van der Waals surface area contributed by atoms with Gasteiger partial charge in [0.15, 0.2) is 5.76 Å². The quantitative estimate of drug-likeness (QED) is 0.653. The van der Waals surface area contributed by atoms with Crippen molar-refractivity contribution in [2.24, 2.45) is 0 Å².